The highest BCUT2D eigenvalue weighted by Crippen LogP contribution is 2.14. The molecular formula is C15H19N5O3. The SMILES string of the molecule is CCCn1nc2n(c1=O)CCN(C(=O)c1ccc(OC)nc1)C2. The second-order valence-corrected chi connectivity index (χ2v) is 5.39. The van der Waals surface area contributed by atoms with E-state index in [-0.39, 0.29) is 11.6 Å². The first-order valence-electron chi connectivity index (χ1n) is 7.60. The van der Waals surface area contributed by atoms with E-state index >= 15 is 0 Å². The summed E-state index contributed by atoms with van der Waals surface area (Å²) in [5.41, 5.74) is 0.398. The molecule has 1 aliphatic heterocycles. The number of rotatable bonds is 4. The standard InChI is InChI=1S/C15H19N5O3/c1-3-6-20-15(22)19-8-7-18(10-12(19)17-20)14(21)11-4-5-13(23-2)16-9-11/h4-5,9H,3,6-8,10H2,1-2H3. The smallest absolute Gasteiger partial charge is 0.346 e. The second kappa shape index (κ2) is 6.23. The minimum Gasteiger partial charge on any atom is -0.481 e. The Bertz CT molecular complexity index is 762. The highest BCUT2D eigenvalue weighted by Gasteiger charge is 2.25. The molecule has 2 aromatic heterocycles. The summed E-state index contributed by atoms with van der Waals surface area (Å²) in [6.07, 6.45) is 2.34. The Morgan fingerprint density at radius 3 is 2.83 bits per heavy atom. The summed E-state index contributed by atoms with van der Waals surface area (Å²) in [7, 11) is 1.53. The molecule has 23 heavy (non-hydrogen) atoms. The van der Waals surface area contributed by atoms with E-state index in [0.717, 1.165) is 6.42 Å². The number of pyridine rings is 1. The molecule has 0 atom stereocenters. The number of ether oxygens (including phenoxy) is 1. The highest BCUT2D eigenvalue weighted by molar-refractivity contribution is 5.93. The molecule has 122 valence electrons. The number of methoxy groups -OCH3 is 1. The van der Waals surface area contributed by atoms with Gasteiger partial charge >= 0.3 is 5.69 Å². The molecule has 8 heteroatoms. The normalized spacial score (nSPS) is 13.7. The fourth-order valence-electron chi connectivity index (χ4n) is 2.64. The van der Waals surface area contributed by atoms with E-state index in [2.05, 4.69) is 10.1 Å². The predicted octanol–water partition coefficient (Wildman–Crippen LogP) is 0.514. The molecule has 3 heterocycles. The number of hydrogen-bond acceptors (Lipinski definition) is 5. The van der Waals surface area contributed by atoms with Crippen LogP contribution in [0, 0.1) is 0 Å². The van der Waals surface area contributed by atoms with Gasteiger partial charge in [0.1, 0.15) is 0 Å². The lowest BCUT2D eigenvalue weighted by Gasteiger charge is -2.26. The topological polar surface area (TPSA) is 82.2 Å². The van der Waals surface area contributed by atoms with Crippen LogP contribution in [0.1, 0.15) is 29.5 Å². The summed E-state index contributed by atoms with van der Waals surface area (Å²) >= 11 is 0. The summed E-state index contributed by atoms with van der Waals surface area (Å²) in [6.45, 7) is 3.87. The largest absolute Gasteiger partial charge is 0.481 e. The first kappa shape index (κ1) is 15.3. The van der Waals surface area contributed by atoms with Gasteiger partial charge in [0, 0.05) is 31.9 Å². The maximum atomic E-state index is 12.5. The Morgan fingerprint density at radius 1 is 1.35 bits per heavy atom. The number of nitrogens with zero attached hydrogens (tertiary/aromatic N) is 5. The van der Waals surface area contributed by atoms with Crippen molar-refractivity contribution in [2.75, 3.05) is 13.7 Å². The van der Waals surface area contributed by atoms with Gasteiger partial charge in [0.2, 0.25) is 5.88 Å². The Kier molecular flexibility index (Phi) is 4.14. The Balaban J connectivity index is 1.79. The van der Waals surface area contributed by atoms with Crippen molar-refractivity contribution in [2.45, 2.75) is 33.0 Å². The minimum atomic E-state index is -0.121. The van der Waals surface area contributed by atoms with Crippen molar-refractivity contribution < 1.29 is 9.53 Å². The van der Waals surface area contributed by atoms with Crippen molar-refractivity contribution >= 4 is 5.91 Å². The van der Waals surface area contributed by atoms with Gasteiger partial charge in [-0.25, -0.2) is 14.5 Å². The van der Waals surface area contributed by atoms with Crippen molar-refractivity contribution in [3.8, 4) is 5.88 Å². The molecule has 0 saturated heterocycles. The molecule has 1 aliphatic rings. The van der Waals surface area contributed by atoms with Crippen molar-refractivity contribution in [1.82, 2.24) is 24.2 Å². The summed E-state index contributed by atoms with van der Waals surface area (Å²) in [6, 6.07) is 3.34. The molecule has 0 spiro atoms. The molecule has 0 aromatic carbocycles. The number of carbonyl (C=O) groups is 1. The fraction of sp³-hybridized carbons (Fsp3) is 0.467. The van der Waals surface area contributed by atoms with Crippen molar-refractivity contribution in [1.29, 1.82) is 0 Å². The summed E-state index contributed by atoms with van der Waals surface area (Å²) in [5.74, 6) is 0.973. The lowest BCUT2D eigenvalue weighted by atomic mass is 10.2. The molecule has 0 unspecified atom stereocenters. The zero-order valence-corrected chi connectivity index (χ0v) is 13.2. The van der Waals surface area contributed by atoms with Gasteiger partial charge in [-0.05, 0) is 12.5 Å². The molecular weight excluding hydrogens is 298 g/mol. The van der Waals surface area contributed by atoms with Crippen LogP contribution < -0.4 is 10.4 Å². The van der Waals surface area contributed by atoms with Gasteiger partial charge in [0.25, 0.3) is 5.91 Å². The predicted molar refractivity (Wildman–Crippen MR) is 82.3 cm³/mol. The summed E-state index contributed by atoms with van der Waals surface area (Å²) in [4.78, 5) is 30.4. The summed E-state index contributed by atoms with van der Waals surface area (Å²) in [5, 5.41) is 4.33. The molecule has 0 aliphatic carbocycles. The van der Waals surface area contributed by atoms with Gasteiger partial charge in [-0.3, -0.25) is 9.36 Å². The average Bonchev–Trinajstić information content (AvgIpc) is 2.90. The maximum Gasteiger partial charge on any atom is 0.346 e. The van der Waals surface area contributed by atoms with Crippen molar-refractivity contribution in [3.63, 3.8) is 0 Å². The van der Waals surface area contributed by atoms with E-state index in [4.69, 9.17) is 4.74 Å². The highest BCUT2D eigenvalue weighted by atomic mass is 16.5. The molecule has 1 amide bonds. The first-order valence-corrected chi connectivity index (χ1v) is 7.60. The van der Waals surface area contributed by atoms with Crippen LogP contribution >= 0.6 is 0 Å². The monoisotopic (exact) mass is 317 g/mol. The molecule has 3 rings (SSSR count). The molecule has 0 radical (unpaired) electrons. The van der Waals surface area contributed by atoms with Gasteiger partial charge in [0.05, 0.1) is 19.2 Å². The van der Waals surface area contributed by atoms with E-state index in [1.165, 1.54) is 18.0 Å². The molecule has 0 N–H and O–H groups in total. The zero-order valence-electron chi connectivity index (χ0n) is 13.2. The lowest BCUT2D eigenvalue weighted by molar-refractivity contribution is 0.0706. The van der Waals surface area contributed by atoms with Gasteiger partial charge < -0.3 is 9.64 Å². The van der Waals surface area contributed by atoms with Gasteiger partial charge in [0.15, 0.2) is 5.82 Å². The quantitative estimate of drug-likeness (QED) is 0.821. The molecule has 0 saturated carbocycles. The third-order valence-electron chi connectivity index (χ3n) is 3.84. The number of aromatic nitrogens is 4. The molecule has 8 nitrogen and oxygen atoms in total. The lowest BCUT2D eigenvalue weighted by Crippen LogP contribution is -2.41. The molecule has 0 fully saturated rings. The number of amides is 1. The Morgan fingerprint density at radius 2 is 2.17 bits per heavy atom. The number of aryl methyl sites for hydroxylation is 1. The molecule has 2 aromatic rings. The van der Waals surface area contributed by atoms with Crippen molar-refractivity contribution in [2.24, 2.45) is 0 Å². The number of fused-ring (bicyclic) bond motifs is 1. The van der Waals surface area contributed by atoms with E-state index in [9.17, 15) is 9.59 Å². The van der Waals surface area contributed by atoms with Gasteiger partial charge in [-0.1, -0.05) is 6.92 Å². The first-order chi connectivity index (χ1) is 11.1. The maximum absolute atomic E-state index is 12.5. The van der Waals surface area contributed by atoms with E-state index in [0.29, 0.717) is 43.4 Å². The Hall–Kier alpha value is -2.64. The minimum absolute atomic E-state index is 0.0972. The van der Waals surface area contributed by atoms with Crippen LogP contribution in [0.15, 0.2) is 23.1 Å². The molecule has 0 bridgehead atoms. The number of hydrogen-bond donors (Lipinski definition) is 0. The Labute approximate surface area is 133 Å². The van der Waals surface area contributed by atoms with E-state index < -0.39 is 0 Å². The van der Waals surface area contributed by atoms with Crippen LogP contribution in [0.25, 0.3) is 0 Å². The third-order valence-corrected chi connectivity index (χ3v) is 3.84. The second-order valence-electron chi connectivity index (χ2n) is 5.39. The van der Waals surface area contributed by atoms with E-state index in [1.807, 2.05) is 6.92 Å². The number of carbonyl (C=O) groups excluding carboxylic acids is 1. The fourth-order valence-corrected chi connectivity index (χ4v) is 2.64. The van der Waals surface area contributed by atoms with Gasteiger partial charge in [-0.2, -0.15) is 5.10 Å². The van der Waals surface area contributed by atoms with E-state index in [1.54, 1.807) is 21.6 Å². The average molecular weight is 317 g/mol. The van der Waals surface area contributed by atoms with Crippen LogP contribution in [0.3, 0.4) is 0 Å². The third kappa shape index (κ3) is 2.84. The van der Waals surface area contributed by atoms with Crippen LogP contribution in [-0.2, 0) is 19.6 Å². The van der Waals surface area contributed by atoms with Gasteiger partial charge in [-0.15, -0.1) is 0 Å². The van der Waals surface area contributed by atoms with Crippen LogP contribution in [0.4, 0.5) is 0 Å². The van der Waals surface area contributed by atoms with Crippen LogP contribution in [0.5, 0.6) is 5.88 Å². The van der Waals surface area contributed by atoms with Crippen LogP contribution in [-0.4, -0.2) is 43.8 Å². The summed E-state index contributed by atoms with van der Waals surface area (Å²) < 4.78 is 8.11. The van der Waals surface area contributed by atoms with Crippen LogP contribution in [0.2, 0.25) is 0 Å². The van der Waals surface area contributed by atoms with Crippen molar-refractivity contribution in [3.05, 3.63) is 40.2 Å². The zero-order chi connectivity index (χ0) is 16.4.